The number of carbonyl (C=O) groups excluding carboxylic acids is 1. The molecular formula is C17H13BrFN3O2. The molecule has 7 heteroatoms. The largest absolute Gasteiger partial charge is 0.352 e. The lowest BCUT2D eigenvalue weighted by Crippen LogP contribution is -2.25. The Kier molecular flexibility index (Phi) is 5.00. The Bertz CT molecular complexity index is 849. The second-order valence-electron chi connectivity index (χ2n) is 5.03. The van der Waals surface area contributed by atoms with Crippen LogP contribution in [0.5, 0.6) is 0 Å². The van der Waals surface area contributed by atoms with E-state index in [0.717, 1.165) is 4.47 Å². The minimum atomic E-state index is -0.322. The normalized spacial score (nSPS) is 10.6. The number of benzene rings is 2. The van der Waals surface area contributed by atoms with E-state index in [1.165, 1.54) is 12.1 Å². The zero-order valence-corrected chi connectivity index (χ0v) is 14.1. The molecule has 122 valence electrons. The summed E-state index contributed by atoms with van der Waals surface area (Å²) in [7, 11) is 0. The maximum absolute atomic E-state index is 12.9. The number of amides is 1. The molecule has 1 heterocycles. The van der Waals surface area contributed by atoms with Crippen molar-refractivity contribution in [1.82, 2.24) is 15.5 Å². The van der Waals surface area contributed by atoms with Crippen LogP contribution in [-0.2, 0) is 6.42 Å². The lowest BCUT2D eigenvalue weighted by Gasteiger charge is -2.03. The summed E-state index contributed by atoms with van der Waals surface area (Å²) in [6.45, 7) is 0.371. The topological polar surface area (TPSA) is 68.0 Å². The van der Waals surface area contributed by atoms with E-state index in [2.05, 4.69) is 31.4 Å². The highest BCUT2D eigenvalue weighted by Gasteiger charge is 2.10. The standard InChI is InChI=1S/C17H13BrFN3O2/c18-13-3-1-2-12(10-13)17(23)20-9-8-15-21-16(22-24-15)11-4-6-14(19)7-5-11/h1-7,10H,8-9H2,(H,20,23). The van der Waals surface area contributed by atoms with Crippen LogP contribution in [-0.4, -0.2) is 22.6 Å². The number of rotatable bonds is 5. The number of aromatic nitrogens is 2. The zero-order valence-electron chi connectivity index (χ0n) is 12.5. The molecule has 1 N–H and O–H groups in total. The van der Waals surface area contributed by atoms with E-state index in [1.807, 2.05) is 6.07 Å². The SMILES string of the molecule is O=C(NCCc1nc(-c2ccc(F)cc2)no1)c1cccc(Br)c1. The number of carbonyl (C=O) groups is 1. The van der Waals surface area contributed by atoms with E-state index in [4.69, 9.17) is 4.52 Å². The third-order valence-corrected chi connectivity index (χ3v) is 3.77. The lowest BCUT2D eigenvalue weighted by atomic mass is 10.2. The number of hydrogen-bond donors (Lipinski definition) is 1. The molecular weight excluding hydrogens is 377 g/mol. The minimum absolute atomic E-state index is 0.172. The van der Waals surface area contributed by atoms with Gasteiger partial charge in [0.1, 0.15) is 5.82 Å². The van der Waals surface area contributed by atoms with Gasteiger partial charge in [-0.3, -0.25) is 4.79 Å². The van der Waals surface area contributed by atoms with Crippen LogP contribution < -0.4 is 5.32 Å². The van der Waals surface area contributed by atoms with Crippen LogP contribution in [0.3, 0.4) is 0 Å². The van der Waals surface area contributed by atoms with Crippen LogP contribution in [0.2, 0.25) is 0 Å². The van der Waals surface area contributed by atoms with Crippen LogP contribution in [0.1, 0.15) is 16.2 Å². The van der Waals surface area contributed by atoms with E-state index < -0.39 is 0 Å². The Morgan fingerprint density at radius 3 is 2.75 bits per heavy atom. The molecule has 0 atom stereocenters. The Balaban J connectivity index is 1.56. The van der Waals surface area contributed by atoms with Crippen molar-refractivity contribution < 1.29 is 13.7 Å². The predicted molar refractivity (Wildman–Crippen MR) is 89.9 cm³/mol. The molecule has 0 aliphatic rings. The van der Waals surface area contributed by atoms with Gasteiger partial charge < -0.3 is 9.84 Å². The van der Waals surface area contributed by atoms with Gasteiger partial charge in [0.2, 0.25) is 11.7 Å². The fourth-order valence-electron chi connectivity index (χ4n) is 2.09. The summed E-state index contributed by atoms with van der Waals surface area (Å²) in [6.07, 6.45) is 0.411. The van der Waals surface area contributed by atoms with Crippen molar-refractivity contribution in [3.8, 4) is 11.4 Å². The van der Waals surface area contributed by atoms with Crippen molar-refractivity contribution in [1.29, 1.82) is 0 Å². The lowest BCUT2D eigenvalue weighted by molar-refractivity contribution is 0.0953. The summed E-state index contributed by atoms with van der Waals surface area (Å²) in [6, 6.07) is 13.0. The molecule has 0 fully saturated rings. The highest BCUT2D eigenvalue weighted by Crippen LogP contribution is 2.16. The quantitative estimate of drug-likeness (QED) is 0.723. The smallest absolute Gasteiger partial charge is 0.251 e. The molecule has 5 nitrogen and oxygen atoms in total. The Morgan fingerprint density at radius 2 is 2.00 bits per heavy atom. The summed E-state index contributed by atoms with van der Waals surface area (Å²) in [4.78, 5) is 16.2. The first-order valence-corrected chi connectivity index (χ1v) is 8.03. The minimum Gasteiger partial charge on any atom is -0.352 e. The molecule has 0 saturated heterocycles. The van der Waals surface area contributed by atoms with E-state index in [-0.39, 0.29) is 11.7 Å². The van der Waals surface area contributed by atoms with Gasteiger partial charge in [-0.25, -0.2) is 4.39 Å². The van der Waals surface area contributed by atoms with E-state index in [0.29, 0.717) is 35.8 Å². The molecule has 0 unspecified atom stereocenters. The second-order valence-corrected chi connectivity index (χ2v) is 5.95. The predicted octanol–water partition coefficient (Wildman–Crippen LogP) is 3.61. The van der Waals surface area contributed by atoms with Gasteiger partial charge >= 0.3 is 0 Å². The highest BCUT2D eigenvalue weighted by molar-refractivity contribution is 9.10. The van der Waals surface area contributed by atoms with Gasteiger partial charge in [0.25, 0.3) is 5.91 Å². The molecule has 0 radical (unpaired) electrons. The Labute approximate surface area is 146 Å². The van der Waals surface area contributed by atoms with Gasteiger partial charge in [-0.2, -0.15) is 4.98 Å². The van der Waals surface area contributed by atoms with Crippen molar-refractivity contribution in [2.75, 3.05) is 6.54 Å². The molecule has 0 saturated carbocycles. The van der Waals surface area contributed by atoms with Crippen molar-refractivity contribution in [3.63, 3.8) is 0 Å². The summed E-state index contributed by atoms with van der Waals surface area (Å²) in [5.41, 5.74) is 1.24. The van der Waals surface area contributed by atoms with Crippen molar-refractivity contribution in [3.05, 3.63) is 70.3 Å². The molecule has 0 aliphatic carbocycles. The van der Waals surface area contributed by atoms with Gasteiger partial charge in [-0.15, -0.1) is 0 Å². The Morgan fingerprint density at radius 1 is 1.21 bits per heavy atom. The van der Waals surface area contributed by atoms with Crippen LogP contribution >= 0.6 is 15.9 Å². The first-order chi connectivity index (χ1) is 11.6. The molecule has 24 heavy (non-hydrogen) atoms. The average molecular weight is 390 g/mol. The van der Waals surface area contributed by atoms with Crippen LogP contribution in [0.25, 0.3) is 11.4 Å². The molecule has 1 amide bonds. The zero-order chi connectivity index (χ0) is 16.9. The van der Waals surface area contributed by atoms with Crippen molar-refractivity contribution in [2.24, 2.45) is 0 Å². The number of halogens is 2. The number of nitrogens with one attached hydrogen (secondary N) is 1. The van der Waals surface area contributed by atoms with Crippen LogP contribution in [0, 0.1) is 5.82 Å². The van der Waals surface area contributed by atoms with Gasteiger partial charge in [0.15, 0.2) is 0 Å². The summed E-state index contributed by atoms with van der Waals surface area (Å²) >= 11 is 3.33. The molecule has 3 aromatic rings. The van der Waals surface area contributed by atoms with E-state index in [9.17, 15) is 9.18 Å². The number of nitrogens with zero attached hydrogens (tertiary/aromatic N) is 2. The third kappa shape index (κ3) is 4.05. The molecule has 0 aliphatic heterocycles. The fraction of sp³-hybridized carbons (Fsp3) is 0.118. The van der Waals surface area contributed by atoms with Gasteiger partial charge in [-0.05, 0) is 42.5 Å². The molecule has 3 rings (SSSR count). The van der Waals surface area contributed by atoms with Crippen LogP contribution in [0.4, 0.5) is 4.39 Å². The maximum Gasteiger partial charge on any atom is 0.251 e. The maximum atomic E-state index is 12.9. The summed E-state index contributed by atoms with van der Waals surface area (Å²) < 4.78 is 18.9. The van der Waals surface area contributed by atoms with Crippen molar-refractivity contribution >= 4 is 21.8 Å². The van der Waals surface area contributed by atoms with Gasteiger partial charge in [0.05, 0.1) is 0 Å². The second kappa shape index (κ2) is 7.35. The first kappa shape index (κ1) is 16.3. The van der Waals surface area contributed by atoms with E-state index >= 15 is 0 Å². The summed E-state index contributed by atoms with van der Waals surface area (Å²) in [5.74, 6) is 0.305. The van der Waals surface area contributed by atoms with Gasteiger partial charge in [0, 0.05) is 28.6 Å². The van der Waals surface area contributed by atoms with Crippen molar-refractivity contribution in [2.45, 2.75) is 6.42 Å². The average Bonchev–Trinajstić information content (AvgIpc) is 3.04. The van der Waals surface area contributed by atoms with Crippen LogP contribution in [0.15, 0.2) is 57.5 Å². The van der Waals surface area contributed by atoms with E-state index in [1.54, 1.807) is 30.3 Å². The Hall–Kier alpha value is -2.54. The molecule has 1 aromatic heterocycles. The number of hydrogen-bond acceptors (Lipinski definition) is 4. The molecule has 0 spiro atoms. The molecule has 2 aromatic carbocycles. The first-order valence-electron chi connectivity index (χ1n) is 7.24. The summed E-state index contributed by atoms with van der Waals surface area (Å²) in [5, 5.41) is 6.65. The van der Waals surface area contributed by atoms with Gasteiger partial charge in [-0.1, -0.05) is 27.2 Å². The highest BCUT2D eigenvalue weighted by atomic mass is 79.9. The third-order valence-electron chi connectivity index (χ3n) is 3.28. The monoisotopic (exact) mass is 389 g/mol. The fourth-order valence-corrected chi connectivity index (χ4v) is 2.49. The molecule has 0 bridgehead atoms.